The van der Waals surface area contributed by atoms with E-state index < -0.39 is 11.8 Å². The number of hydrogen-bond donors (Lipinski definition) is 2. The number of carbonyl (C=O) groups excluding carboxylic acids is 1. The maximum Gasteiger partial charge on any atom is 0.323 e. The van der Waals surface area contributed by atoms with Crippen LogP contribution in [-0.4, -0.2) is 24.1 Å². The van der Waals surface area contributed by atoms with Crippen LogP contribution in [-0.2, 0) is 0 Å². The summed E-state index contributed by atoms with van der Waals surface area (Å²) in [6.45, 7) is 1.91. The van der Waals surface area contributed by atoms with E-state index in [1.807, 2.05) is 24.3 Å². The van der Waals surface area contributed by atoms with Crippen molar-refractivity contribution in [3.63, 3.8) is 0 Å². The van der Waals surface area contributed by atoms with Crippen LogP contribution in [0.1, 0.15) is 19.3 Å². The van der Waals surface area contributed by atoms with Crippen LogP contribution in [0, 0.1) is 5.82 Å². The zero-order valence-electron chi connectivity index (χ0n) is 15.2. The number of nitrogens with one attached hydrogen (secondary N) is 2. The van der Waals surface area contributed by atoms with Gasteiger partial charge in [0.15, 0.2) is 5.82 Å². The van der Waals surface area contributed by atoms with E-state index in [1.54, 1.807) is 18.2 Å². The average molecular weight is 443 g/mol. The van der Waals surface area contributed by atoms with Gasteiger partial charge in [0.05, 0.1) is 0 Å². The Morgan fingerprint density at radius 2 is 1.79 bits per heavy atom. The van der Waals surface area contributed by atoms with Crippen molar-refractivity contribution in [1.82, 2.24) is 4.98 Å². The summed E-state index contributed by atoms with van der Waals surface area (Å²) in [5.41, 5.74) is 1.34. The molecule has 0 atom stereocenters. The number of benzene rings is 2. The molecule has 28 heavy (non-hydrogen) atoms. The number of hydrogen-bond acceptors (Lipinski definition) is 3. The third kappa shape index (κ3) is 4.25. The highest BCUT2D eigenvalue weighted by atomic mass is 79.9. The van der Waals surface area contributed by atoms with Crippen molar-refractivity contribution >= 4 is 50.1 Å². The van der Waals surface area contributed by atoms with E-state index in [1.165, 1.54) is 12.5 Å². The highest BCUT2D eigenvalue weighted by molar-refractivity contribution is 9.10. The summed E-state index contributed by atoms with van der Waals surface area (Å²) in [4.78, 5) is 18.9. The minimum absolute atomic E-state index is 0.320. The fraction of sp³-hybridized carbons (Fsp3) is 0.238. The molecule has 1 saturated heterocycles. The van der Waals surface area contributed by atoms with E-state index >= 15 is 0 Å². The van der Waals surface area contributed by atoms with Gasteiger partial charge in [0.2, 0.25) is 0 Å². The number of amides is 2. The van der Waals surface area contributed by atoms with Gasteiger partial charge in [-0.3, -0.25) is 0 Å². The van der Waals surface area contributed by atoms with Gasteiger partial charge in [-0.1, -0.05) is 22.0 Å². The number of aromatic nitrogens is 1. The topological polar surface area (TPSA) is 57.3 Å². The predicted octanol–water partition coefficient (Wildman–Crippen LogP) is 5.77. The molecule has 0 radical (unpaired) electrons. The molecule has 1 fully saturated rings. The molecule has 0 bridgehead atoms. The van der Waals surface area contributed by atoms with Gasteiger partial charge in [0.25, 0.3) is 0 Å². The van der Waals surface area contributed by atoms with Crippen molar-refractivity contribution in [2.75, 3.05) is 28.6 Å². The maximum atomic E-state index is 14.7. The minimum atomic E-state index is -0.450. The molecule has 5 nitrogen and oxygen atoms in total. The standard InChI is InChI=1S/C21H20BrFN4O/c22-15-5-4-6-16(12-15)24-21(28)25-17-11-14-7-8-19(26-20(14)18(23)13-17)27-9-2-1-3-10-27/h4-8,11-13H,1-3,9-10H2,(H2,24,25,28). The van der Waals surface area contributed by atoms with E-state index in [9.17, 15) is 9.18 Å². The van der Waals surface area contributed by atoms with Crippen molar-refractivity contribution in [1.29, 1.82) is 0 Å². The second-order valence-electron chi connectivity index (χ2n) is 6.84. The molecule has 7 heteroatoms. The Bertz CT molecular complexity index is 1020. The zero-order chi connectivity index (χ0) is 19.5. The third-order valence-corrected chi connectivity index (χ3v) is 5.24. The molecule has 0 saturated carbocycles. The summed E-state index contributed by atoms with van der Waals surface area (Å²) in [5, 5.41) is 6.05. The molecule has 0 aliphatic carbocycles. The second kappa shape index (κ2) is 8.14. The monoisotopic (exact) mass is 442 g/mol. The number of piperidine rings is 1. The second-order valence-corrected chi connectivity index (χ2v) is 7.75. The van der Waals surface area contributed by atoms with E-state index in [0.29, 0.717) is 22.3 Å². The molecule has 4 rings (SSSR count). The van der Waals surface area contributed by atoms with Crippen LogP contribution < -0.4 is 15.5 Å². The summed E-state index contributed by atoms with van der Waals surface area (Å²) >= 11 is 3.36. The molecule has 3 aromatic rings. The Labute approximate surface area is 171 Å². The number of carbonyl (C=O) groups is 1. The van der Waals surface area contributed by atoms with Gasteiger partial charge < -0.3 is 15.5 Å². The third-order valence-electron chi connectivity index (χ3n) is 4.75. The van der Waals surface area contributed by atoms with Gasteiger partial charge in [0, 0.05) is 34.3 Å². The number of halogens is 2. The van der Waals surface area contributed by atoms with Gasteiger partial charge in [-0.05, 0) is 61.7 Å². The van der Waals surface area contributed by atoms with Crippen molar-refractivity contribution in [3.05, 3.63) is 58.8 Å². The van der Waals surface area contributed by atoms with Crippen LogP contribution >= 0.6 is 15.9 Å². The van der Waals surface area contributed by atoms with Gasteiger partial charge in [0.1, 0.15) is 11.3 Å². The number of urea groups is 1. The van der Waals surface area contributed by atoms with Crippen LogP contribution in [0.3, 0.4) is 0 Å². The van der Waals surface area contributed by atoms with E-state index in [2.05, 4.69) is 36.4 Å². The molecule has 2 amide bonds. The lowest BCUT2D eigenvalue weighted by molar-refractivity contribution is 0.262. The van der Waals surface area contributed by atoms with Crippen LogP contribution in [0.25, 0.3) is 10.9 Å². The fourth-order valence-electron chi connectivity index (χ4n) is 3.41. The first kappa shape index (κ1) is 18.7. The Morgan fingerprint density at radius 1 is 1.00 bits per heavy atom. The molecule has 0 spiro atoms. The average Bonchev–Trinajstić information content (AvgIpc) is 2.68. The molecule has 2 aromatic carbocycles. The van der Waals surface area contributed by atoms with E-state index in [4.69, 9.17) is 0 Å². The number of nitrogens with zero attached hydrogens (tertiary/aromatic N) is 2. The van der Waals surface area contributed by atoms with Gasteiger partial charge >= 0.3 is 6.03 Å². The first-order valence-electron chi connectivity index (χ1n) is 9.27. The minimum Gasteiger partial charge on any atom is -0.357 e. The number of anilines is 3. The Hall–Kier alpha value is -2.67. The van der Waals surface area contributed by atoms with Crippen LogP contribution in [0.5, 0.6) is 0 Å². The van der Waals surface area contributed by atoms with Crippen LogP contribution in [0.15, 0.2) is 53.0 Å². The highest BCUT2D eigenvalue weighted by Crippen LogP contribution is 2.26. The molecule has 1 aliphatic heterocycles. The molecule has 1 aromatic heterocycles. The SMILES string of the molecule is O=C(Nc1cccc(Br)c1)Nc1cc(F)c2nc(N3CCCCC3)ccc2c1. The normalized spacial score (nSPS) is 14.1. The summed E-state index contributed by atoms with van der Waals surface area (Å²) < 4.78 is 15.5. The van der Waals surface area contributed by atoms with Gasteiger partial charge in [-0.25, -0.2) is 14.2 Å². The number of fused-ring (bicyclic) bond motifs is 1. The van der Waals surface area contributed by atoms with Crippen molar-refractivity contribution in [2.24, 2.45) is 0 Å². The first-order valence-corrected chi connectivity index (χ1v) is 10.1. The lowest BCUT2D eigenvalue weighted by atomic mass is 10.1. The van der Waals surface area contributed by atoms with Crippen molar-refractivity contribution in [2.45, 2.75) is 19.3 Å². The fourth-order valence-corrected chi connectivity index (χ4v) is 3.81. The van der Waals surface area contributed by atoms with E-state index in [-0.39, 0.29) is 0 Å². The summed E-state index contributed by atoms with van der Waals surface area (Å²) in [6.07, 6.45) is 3.51. The molecule has 0 unspecified atom stereocenters. The van der Waals surface area contributed by atoms with Crippen molar-refractivity contribution < 1.29 is 9.18 Å². The largest absolute Gasteiger partial charge is 0.357 e. The molecular formula is C21H20BrFN4O. The van der Waals surface area contributed by atoms with Crippen molar-refractivity contribution in [3.8, 4) is 0 Å². The Morgan fingerprint density at radius 3 is 2.57 bits per heavy atom. The highest BCUT2D eigenvalue weighted by Gasteiger charge is 2.14. The predicted molar refractivity (Wildman–Crippen MR) is 115 cm³/mol. The lowest BCUT2D eigenvalue weighted by Gasteiger charge is -2.27. The molecule has 1 aliphatic rings. The summed E-state index contributed by atoms with van der Waals surface area (Å²) in [7, 11) is 0. The smallest absolute Gasteiger partial charge is 0.323 e. The zero-order valence-corrected chi connectivity index (χ0v) is 16.8. The van der Waals surface area contributed by atoms with E-state index in [0.717, 1.165) is 36.2 Å². The molecule has 144 valence electrons. The molecule has 2 N–H and O–H groups in total. The molecular weight excluding hydrogens is 423 g/mol. The first-order chi connectivity index (χ1) is 13.6. The number of pyridine rings is 1. The Balaban J connectivity index is 1.52. The quantitative estimate of drug-likeness (QED) is 0.540. The van der Waals surface area contributed by atoms with Gasteiger partial charge in [-0.15, -0.1) is 0 Å². The van der Waals surface area contributed by atoms with Gasteiger partial charge in [-0.2, -0.15) is 0 Å². The lowest BCUT2D eigenvalue weighted by Crippen LogP contribution is -2.30. The van der Waals surface area contributed by atoms with Crippen LogP contribution in [0.4, 0.5) is 26.4 Å². The molecule has 2 heterocycles. The maximum absolute atomic E-state index is 14.7. The Kier molecular flexibility index (Phi) is 5.43. The summed E-state index contributed by atoms with van der Waals surface area (Å²) in [5.74, 6) is 0.355. The number of rotatable bonds is 3. The van der Waals surface area contributed by atoms with Crippen LogP contribution in [0.2, 0.25) is 0 Å². The summed E-state index contributed by atoms with van der Waals surface area (Å²) in [6, 6.07) is 13.6.